The van der Waals surface area contributed by atoms with Crippen LogP contribution in [-0.4, -0.2) is 65.5 Å². The first-order chi connectivity index (χ1) is 15.4. The molecule has 8 nitrogen and oxygen atoms in total. The van der Waals surface area contributed by atoms with Gasteiger partial charge in [0.25, 0.3) is 10.1 Å². The lowest BCUT2D eigenvalue weighted by molar-refractivity contribution is 0.00587. The molecule has 1 unspecified atom stereocenters. The van der Waals surface area contributed by atoms with Crippen molar-refractivity contribution >= 4 is 21.2 Å². The Balaban J connectivity index is 1.40. The van der Waals surface area contributed by atoms with E-state index in [0.29, 0.717) is 37.9 Å². The van der Waals surface area contributed by atoms with Gasteiger partial charge in [0.05, 0.1) is 62.6 Å². The number of hydrogen-bond acceptors (Lipinski definition) is 8. The third-order valence-electron chi connectivity index (χ3n) is 4.15. The zero-order valence-corrected chi connectivity index (χ0v) is 20.0. The van der Waals surface area contributed by atoms with Crippen molar-refractivity contribution in [3.05, 3.63) is 59.7 Å². The number of benzene rings is 2. The topological polar surface area (TPSA) is 97.4 Å². The SMILES string of the molecule is Cc1ccc(S(=O)OCCOCCOCCOCCOS(=O)(=O)c2ccc(C)cc2)cc1. The number of hydrogen-bond donors (Lipinski definition) is 0. The lowest BCUT2D eigenvalue weighted by Crippen LogP contribution is -2.15. The Bertz CT molecular complexity index is 912. The summed E-state index contributed by atoms with van der Waals surface area (Å²) in [5.74, 6) is 0. The molecule has 178 valence electrons. The van der Waals surface area contributed by atoms with Crippen LogP contribution in [0.15, 0.2) is 58.3 Å². The zero-order chi connectivity index (χ0) is 23.2. The minimum absolute atomic E-state index is 0.0662. The van der Waals surface area contributed by atoms with E-state index in [-0.39, 0.29) is 24.7 Å². The van der Waals surface area contributed by atoms with E-state index >= 15 is 0 Å². The lowest BCUT2D eigenvalue weighted by Gasteiger charge is -2.08. The number of ether oxygens (including phenoxy) is 3. The Morgan fingerprint density at radius 2 is 1.09 bits per heavy atom. The molecule has 0 fully saturated rings. The summed E-state index contributed by atoms with van der Waals surface area (Å²) in [6, 6.07) is 13.8. The highest BCUT2D eigenvalue weighted by Crippen LogP contribution is 2.13. The van der Waals surface area contributed by atoms with Crippen LogP contribution in [0, 0.1) is 13.8 Å². The molecule has 10 heteroatoms. The highest BCUT2D eigenvalue weighted by Gasteiger charge is 2.14. The van der Waals surface area contributed by atoms with Gasteiger partial charge >= 0.3 is 0 Å². The molecule has 2 aromatic rings. The maximum absolute atomic E-state index is 12.0. The zero-order valence-electron chi connectivity index (χ0n) is 18.4. The Kier molecular flexibility index (Phi) is 12.0. The van der Waals surface area contributed by atoms with Crippen molar-refractivity contribution < 1.29 is 35.2 Å². The van der Waals surface area contributed by atoms with Crippen LogP contribution >= 0.6 is 0 Å². The fraction of sp³-hybridized carbons (Fsp3) is 0.455. The fourth-order valence-electron chi connectivity index (χ4n) is 2.40. The number of aryl methyl sites for hydroxylation is 2. The third kappa shape index (κ3) is 10.3. The molecule has 2 rings (SSSR count). The van der Waals surface area contributed by atoms with Gasteiger partial charge in [-0.2, -0.15) is 8.42 Å². The summed E-state index contributed by atoms with van der Waals surface area (Å²) in [6.45, 7) is 5.86. The molecule has 0 saturated heterocycles. The first kappa shape index (κ1) is 26.6. The Morgan fingerprint density at radius 3 is 1.62 bits per heavy atom. The van der Waals surface area contributed by atoms with E-state index < -0.39 is 21.2 Å². The second kappa shape index (κ2) is 14.5. The van der Waals surface area contributed by atoms with Crippen molar-refractivity contribution in [2.24, 2.45) is 0 Å². The average Bonchev–Trinajstić information content (AvgIpc) is 2.77. The van der Waals surface area contributed by atoms with Crippen LogP contribution in [0.1, 0.15) is 11.1 Å². The first-order valence-corrected chi connectivity index (χ1v) is 12.7. The van der Waals surface area contributed by atoms with Crippen LogP contribution in [0.4, 0.5) is 0 Å². The van der Waals surface area contributed by atoms with Crippen molar-refractivity contribution in [3.63, 3.8) is 0 Å². The molecule has 0 heterocycles. The molecule has 0 aromatic heterocycles. The summed E-state index contributed by atoms with van der Waals surface area (Å²) in [4.78, 5) is 0.746. The molecular formula is C22H30O8S2. The molecule has 0 amide bonds. The van der Waals surface area contributed by atoms with E-state index in [1.165, 1.54) is 12.1 Å². The molecule has 32 heavy (non-hydrogen) atoms. The summed E-state index contributed by atoms with van der Waals surface area (Å²) >= 11 is -1.50. The van der Waals surface area contributed by atoms with Gasteiger partial charge < -0.3 is 14.2 Å². The lowest BCUT2D eigenvalue weighted by atomic mass is 10.2. The van der Waals surface area contributed by atoms with E-state index in [1.54, 1.807) is 24.3 Å². The fourth-order valence-corrected chi connectivity index (χ4v) is 4.01. The third-order valence-corrected chi connectivity index (χ3v) is 6.52. The van der Waals surface area contributed by atoms with Crippen LogP contribution in [0.2, 0.25) is 0 Å². The minimum atomic E-state index is -3.77. The van der Waals surface area contributed by atoms with Crippen molar-refractivity contribution in [2.75, 3.05) is 52.9 Å². The normalized spacial score (nSPS) is 12.7. The van der Waals surface area contributed by atoms with Crippen molar-refractivity contribution in [2.45, 2.75) is 23.6 Å². The Labute approximate surface area is 192 Å². The van der Waals surface area contributed by atoms with Gasteiger partial charge in [-0.25, -0.2) is 4.21 Å². The highest BCUT2D eigenvalue weighted by atomic mass is 32.2. The van der Waals surface area contributed by atoms with Gasteiger partial charge in [-0.15, -0.1) is 0 Å². The van der Waals surface area contributed by atoms with E-state index in [0.717, 1.165) is 11.1 Å². The molecule has 0 aliphatic carbocycles. The molecule has 1 atom stereocenters. The van der Waals surface area contributed by atoms with Crippen LogP contribution < -0.4 is 0 Å². The minimum Gasteiger partial charge on any atom is -0.377 e. The first-order valence-electron chi connectivity index (χ1n) is 10.2. The summed E-state index contributed by atoms with van der Waals surface area (Å²) in [5.41, 5.74) is 2.07. The summed E-state index contributed by atoms with van der Waals surface area (Å²) in [6.07, 6.45) is 0. The van der Waals surface area contributed by atoms with Gasteiger partial charge in [0.1, 0.15) is 0 Å². The van der Waals surface area contributed by atoms with E-state index in [4.69, 9.17) is 22.6 Å². The van der Waals surface area contributed by atoms with E-state index in [1.807, 2.05) is 26.0 Å². The van der Waals surface area contributed by atoms with Gasteiger partial charge in [0.15, 0.2) is 11.1 Å². The molecule has 0 N–H and O–H groups in total. The van der Waals surface area contributed by atoms with Gasteiger partial charge in [0, 0.05) is 0 Å². The molecule has 0 bridgehead atoms. The largest absolute Gasteiger partial charge is 0.377 e. The van der Waals surface area contributed by atoms with Gasteiger partial charge in [0.2, 0.25) is 0 Å². The Hall–Kier alpha value is -1.66. The van der Waals surface area contributed by atoms with Crippen LogP contribution in [0.5, 0.6) is 0 Å². The molecular weight excluding hydrogens is 456 g/mol. The monoisotopic (exact) mass is 486 g/mol. The highest BCUT2D eigenvalue weighted by molar-refractivity contribution is 7.86. The van der Waals surface area contributed by atoms with Crippen molar-refractivity contribution in [1.82, 2.24) is 0 Å². The van der Waals surface area contributed by atoms with Crippen LogP contribution in [0.25, 0.3) is 0 Å². The van der Waals surface area contributed by atoms with Crippen molar-refractivity contribution in [1.29, 1.82) is 0 Å². The Morgan fingerprint density at radius 1 is 0.656 bits per heavy atom. The predicted molar refractivity (Wildman–Crippen MR) is 120 cm³/mol. The van der Waals surface area contributed by atoms with Crippen LogP contribution in [0.3, 0.4) is 0 Å². The second-order valence-electron chi connectivity index (χ2n) is 6.80. The molecule has 2 aromatic carbocycles. The maximum Gasteiger partial charge on any atom is 0.297 e. The quantitative estimate of drug-likeness (QED) is 0.264. The summed E-state index contributed by atoms with van der Waals surface area (Å²) in [5, 5.41) is 0. The maximum atomic E-state index is 12.0. The smallest absolute Gasteiger partial charge is 0.297 e. The molecule has 0 aliphatic heterocycles. The summed E-state index contributed by atoms with van der Waals surface area (Å²) in [7, 11) is -3.77. The molecule has 0 saturated carbocycles. The summed E-state index contributed by atoms with van der Waals surface area (Å²) < 4.78 is 62.1. The standard InChI is InChI=1S/C22H30O8S2/c1-19-3-7-21(8-4-19)31(23)29-17-15-27-13-11-26-12-14-28-16-18-30-32(24,25)22-9-5-20(2)6-10-22/h3-10H,11-18H2,1-2H3. The van der Waals surface area contributed by atoms with Crippen LogP contribution in [-0.2, 0) is 43.8 Å². The van der Waals surface area contributed by atoms with E-state index in [9.17, 15) is 12.6 Å². The molecule has 0 spiro atoms. The molecule has 0 radical (unpaired) electrons. The second-order valence-corrected chi connectivity index (χ2v) is 9.59. The van der Waals surface area contributed by atoms with Gasteiger partial charge in [-0.1, -0.05) is 35.4 Å². The predicted octanol–water partition coefficient (Wildman–Crippen LogP) is 2.80. The van der Waals surface area contributed by atoms with Crippen molar-refractivity contribution in [3.8, 4) is 0 Å². The van der Waals surface area contributed by atoms with Gasteiger partial charge in [-0.05, 0) is 38.1 Å². The number of rotatable bonds is 16. The molecule has 0 aliphatic rings. The van der Waals surface area contributed by atoms with Gasteiger partial charge in [-0.3, -0.25) is 8.37 Å². The van der Waals surface area contributed by atoms with E-state index in [2.05, 4.69) is 0 Å². The average molecular weight is 487 g/mol.